The van der Waals surface area contributed by atoms with Crippen molar-refractivity contribution in [2.45, 2.75) is 25.4 Å². The summed E-state index contributed by atoms with van der Waals surface area (Å²) in [5.41, 5.74) is 6.47. The molecular formula is C11H17N5O4. The second-order valence-corrected chi connectivity index (χ2v) is 4.32. The van der Waals surface area contributed by atoms with Gasteiger partial charge in [-0.15, -0.1) is 0 Å². The molecule has 0 spiro atoms. The van der Waals surface area contributed by atoms with Gasteiger partial charge in [-0.1, -0.05) is 0 Å². The van der Waals surface area contributed by atoms with Gasteiger partial charge >= 0.3 is 0 Å². The number of hydrogen-bond donors (Lipinski definition) is 4. The molecule has 110 valence electrons. The number of anilines is 1. The van der Waals surface area contributed by atoms with Crippen LogP contribution in [0.5, 0.6) is 0 Å². The van der Waals surface area contributed by atoms with Gasteiger partial charge in [0, 0.05) is 0 Å². The second kappa shape index (κ2) is 6.09. The van der Waals surface area contributed by atoms with E-state index in [-0.39, 0.29) is 19.0 Å². The summed E-state index contributed by atoms with van der Waals surface area (Å²) in [5, 5.41) is 28.1. The third kappa shape index (κ3) is 2.70. The van der Waals surface area contributed by atoms with Gasteiger partial charge in [-0.05, 0) is 6.92 Å². The molecule has 0 saturated heterocycles. The van der Waals surface area contributed by atoms with Crippen LogP contribution in [0.25, 0.3) is 11.2 Å². The Kier molecular flexibility index (Phi) is 4.45. The summed E-state index contributed by atoms with van der Waals surface area (Å²) in [7, 11) is 0. The molecule has 0 bridgehead atoms. The summed E-state index contributed by atoms with van der Waals surface area (Å²) in [5.74, 6) is 0.222. The number of hydrogen-bond acceptors (Lipinski definition) is 8. The van der Waals surface area contributed by atoms with Crippen molar-refractivity contribution in [3.8, 4) is 0 Å². The van der Waals surface area contributed by atoms with E-state index in [1.165, 1.54) is 24.1 Å². The van der Waals surface area contributed by atoms with Crippen molar-refractivity contribution in [3.05, 3.63) is 12.7 Å². The van der Waals surface area contributed by atoms with E-state index in [0.29, 0.717) is 11.2 Å². The lowest BCUT2D eigenvalue weighted by Crippen LogP contribution is -2.34. The van der Waals surface area contributed by atoms with E-state index in [1.807, 2.05) is 0 Å². The van der Waals surface area contributed by atoms with Crippen LogP contribution in [0, 0.1) is 0 Å². The molecule has 0 aliphatic carbocycles. The predicted molar refractivity (Wildman–Crippen MR) is 69.5 cm³/mol. The standard InChI is InChI=1S/C11H17N5O4/c1-6(19)7(2-17)20-8(3-18)16-5-15-9-10(12)13-4-14-11(9)16/h4-8,17-19H,2-3H2,1H3,(H2,12,13,14)/t6-,7-,8-/m1/s1. The molecule has 3 atom stereocenters. The van der Waals surface area contributed by atoms with E-state index in [0.717, 1.165) is 0 Å². The Labute approximate surface area is 114 Å². The molecule has 0 fully saturated rings. The molecule has 0 unspecified atom stereocenters. The molecule has 9 heteroatoms. The zero-order chi connectivity index (χ0) is 14.7. The van der Waals surface area contributed by atoms with Gasteiger partial charge in [0.1, 0.15) is 17.9 Å². The molecule has 0 aliphatic heterocycles. The number of aliphatic hydroxyl groups excluding tert-OH is 3. The third-order valence-electron chi connectivity index (χ3n) is 2.90. The van der Waals surface area contributed by atoms with Crippen molar-refractivity contribution in [2.24, 2.45) is 0 Å². The Morgan fingerprint density at radius 1 is 1.30 bits per heavy atom. The molecule has 5 N–H and O–H groups in total. The number of nitrogens with zero attached hydrogens (tertiary/aromatic N) is 4. The Morgan fingerprint density at radius 3 is 2.65 bits per heavy atom. The first-order valence-corrected chi connectivity index (χ1v) is 6.06. The number of rotatable bonds is 6. The Balaban J connectivity index is 2.32. The molecule has 2 aromatic heterocycles. The molecule has 0 aromatic carbocycles. The largest absolute Gasteiger partial charge is 0.394 e. The highest BCUT2D eigenvalue weighted by atomic mass is 16.5. The van der Waals surface area contributed by atoms with Crippen molar-refractivity contribution in [1.82, 2.24) is 19.5 Å². The zero-order valence-electron chi connectivity index (χ0n) is 10.9. The third-order valence-corrected chi connectivity index (χ3v) is 2.90. The summed E-state index contributed by atoms with van der Waals surface area (Å²) >= 11 is 0. The van der Waals surface area contributed by atoms with Crippen LogP contribution >= 0.6 is 0 Å². The lowest BCUT2D eigenvalue weighted by molar-refractivity contribution is -0.131. The van der Waals surface area contributed by atoms with E-state index in [9.17, 15) is 10.2 Å². The van der Waals surface area contributed by atoms with E-state index in [4.69, 9.17) is 15.6 Å². The average Bonchev–Trinajstić information content (AvgIpc) is 2.85. The molecule has 0 saturated carbocycles. The van der Waals surface area contributed by atoms with E-state index in [1.54, 1.807) is 0 Å². The van der Waals surface area contributed by atoms with Crippen LogP contribution in [0.15, 0.2) is 12.7 Å². The quantitative estimate of drug-likeness (QED) is 0.510. The first kappa shape index (κ1) is 14.6. The summed E-state index contributed by atoms with van der Waals surface area (Å²) in [6, 6.07) is 0. The minimum absolute atomic E-state index is 0.222. The lowest BCUT2D eigenvalue weighted by atomic mass is 10.2. The topological polar surface area (TPSA) is 140 Å². The summed E-state index contributed by atoms with van der Waals surface area (Å²) in [6.45, 7) is 0.734. The van der Waals surface area contributed by atoms with Crippen LogP contribution in [0.1, 0.15) is 13.2 Å². The van der Waals surface area contributed by atoms with Gasteiger partial charge in [-0.2, -0.15) is 0 Å². The number of aromatic nitrogens is 4. The van der Waals surface area contributed by atoms with Gasteiger partial charge in [0.2, 0.25) is 0 Å². The SMILES string of the molecule is C[C@@H](O)[C@@H](CO)O[C@H](CO)n1cnc2c(N)ncnc21. The number of nitrogens with two attached hydrogens (primary N) is 1. The number of imidazole rings is 1. The van der Waals surface area contributed by atoms with Crippen molar-refractivity contribution in [1.29, 1.82) is 0 Å². The van der Waals surface area contributed by atoms with Crippen LogP contribution in [-0.2, 0) is 4.74 Å². The predicted octanol–water partition coefficient (Wildman–Crippen LogP) is -1.34. The first-order chi connectivity index (χ1) is 9.58. The number of aliphatic hydroxyl groups is 3. The smallest absolute Gasteiger partial charge is 0.167 e. The molecule has 2 aromatic rings. The Morgan fingerprint density at radius 2 is 2.05 bits per heavy atom. The van der Waals surface area contributed by atoms with E-state index in [2.05, 4.69) is 15.0 Å². The van der Waals surface area contributed by atoms with Crippen LogP contribution in [-0.4, -0.2) is 60.3 Å². The summed E-state index contributed by atoms with van der Waals surface area (Å²) in [4.78, 5) is 11.9. The maximum Gasteiger partial charge on any atom is 0.167 e. The van der Waals surface area contributed by atoms with Crippen LogP contribution < -0.4 is 5.73 Å². The highest BCUT2D eigenvalue weighted by Gasteiger charge is 2.23. The molecule has 0 amide bonds. The fraction of sp³-hybridized carbons (Fsp3) is 0.545. The highest BCUT2D eigenvalue weighted by Crippen LogP contribution is 2.20. The minimum Gasteiger partial charge on any atom is -0.394 e. The van der Waals surface area contributed by atoms with Crippen LogP contribution in [0.2, 0.25) is 0 Å². The Bertz CT molecular complexity index is 573. The molecular weight excluding hydrogens is 266 g/mol. The number of fused-ring (bicyclic) bond motifs is 1. The maximum absolute atomic E-state index is 9.47. The fourth-order valence-corrected chi connectivity index (χ4v) is 1.79. The minimum atomic E-state index is -0.886. The number of nitrogen functional groups attached to an aromatic ring is 1. The van der Waals surface area contributed by atoms with Gasteiger partial charge in [0.15, 0.2) is 17.7 Å². The van der Waals surface area contributed by atoms with Gasteiger partial charge in [0.05, 0.1) is 25.6 Å². The van der Waals surface area contributed by atoms with Crippen molar-refractivity contribution in [3.63, 3.8) is 0 Å². The summed E-state index contributed by atoms with van der Waals surface area (Å²) in [6.07, 6.45) is 0.128. The average molecular weight is 283 g/mol. The summed E-state index contributed by atoms with van der Waals surface area (Å²) < 4.78 is 6.95. The van der Waals surface area contributed by atoms with Gasteiger partial charge in [-0.25, -0.2) is 15.0 Å². The molecule has 20 heavy (non-hydrogen) atoms. The molecule has 0 aliphatic rings. The molecule has 9 nitrogen and oxygen atoms in total. The van der Waals surface area contributed by atoms with E-state index >= 15 is 0 Å². The number of ether oxygens (including phenoxy) is 1. The van der Waals surface area contributed by atoms with Crippen LogP contribution in [0.3, 0.4) is 0 Å². The second-order valence-electron chi connectivity index (χ2n) is 4.32. The van der Waals surface area contributed by atoms with Crippen molar-refractivity contribution >= 4 is 17.0 Å². The molecule has 2 rings (SSSR count). The van der Waals surface area contributed by atoms with Gasteiger partial charge < -0.3 is 25.8 Å². The zero-order valence-corrected chi connectivity index (χ0v) is 10.9. The highest BCUT2D eigenvalue weighted by molar-refractivity contribution is 5.81. The van der Waals surface area contributed by atoms with Crippen molar-refractivity contribution in [2.75, 3.05) is 18.9 Å². The maximum atomic E-state index is 9.47. The Hall–Kier alpha value is -1.81. The van der Waals surface area contributed by atoms with Gasteiger partial charge in [-0.3, -0.25) is 4.57 Å². The van der Waals surface area contributed by atoms with Crippen LogP contribution in [0.4, 0.5) is 5.82 Å². The van der Waals surface area contributed by atoms with Gasteiger partial charge in [0.25, 0.3) is 0 Å². The monoisotopic (exact) mass is 283 g/mol. The lowest BCUT2D eigenvalue weighted by Gasteiger charge is -2.25. The first-order valence-electron chi connectivity index (χ1n) is 6.06. The molecule has 0 radical (unpaired) electrons. The molecule has 2 heterocycles. The fourth-order valence-electron chi connectivity index (χ4n) is 1.79. The van der Waals surface area contributed by atoms with Crippen molar-refractivity contribution < 1.29 is 20.1 Å². The normalized spacial score (nSPS) is 16.2. The van der Waals surface area contributed by atoms with E-state index < -0.39 is 18.4 Å².